The number of sulfonamides is 1. The number of rotatable bonds is 3. The summed E-state index contributed by atoms with van der Waals surface area (Å²) in [6, 6.07) is 15.6. The molecule has 0 unspecified atom stereocenters. The maximum absolute atomic E-state index is 13.8. The van der Waals surface area contributed by atoms with Crippen molar-refractivity contribution in [3.05, 3.63) is 95.1 Å². The maximum atomic E-state index is 13.8. The van der Waals surface area contributed by atoms with E-state index in [1.165, 1.54) is 34.6 Å². The van der Waals surface area contributed by atoms with E-state index in [1.54, 1.807) is 18.2 Å². The molecule has 0 spiro atoms. The van der Waals surface area contributed by atoms with Crippen molar-refractivity contribution in [2.45, 2.75) is 23.4 Å². The van der Waals surface area contributed by atoms with E-state index in [1.807, 2.05) is 12.1 Å². The van der Waals surface area contributed by atoms with Gasteiger partial charge in [0.05, 0.1) is 23.6 Å². The van der Waals surface area contributed by atoms with Gasteiger partial charge in [0.2, 0.25) is 10.0 Å². The fourth-order valence-corrected chi connectivity index (χ4v) is 6.54. The molecule has 3 atom stereocenters. The number of fused-ring (bicyclic) bond motifs is 3. The molecule has 0 radical (unpaired) electrons. The third-order valence-electron chi connectivity index (χ3n) is 6.40. The minimum Gasteiger partial charge on any atom is -0.394 e. The van der Waals surface area contributed by atoms with E-state index in [9.17, 15) is 22.3 Å². The molecule has 0 saturated carbocycles. The van der Waals surface area contributed by atoms with E-state index < -0.39 is 21.9 Å². The molecule has 2 N–H and O–H groups in total. The normalized spacial score (nSPS) is 21.7. The number of nitrogens with zero attached hydrogens (tertiary/aromatic N) is 1. The highest BCUT2D eigenvalue weighted by Gasteiger charge is 2.48. The molecule has 2 heterocycles. The van der Waals surface area contributed by atoms with Crippen molar-refractivity contribution in [3.63, 3.8) is 0 Å². The van der Waals surface area contributed by atoms with Crippen LogP contribution in [-0.2, 0) is 10.0 Å². The summed E-state index contributed by atoms with van der Waals surface area (Å²) in [5, 5.41) is 13.3. The predicted octanol–water partition coefficient (Wildman–Crippen LogP) is 3.90. The SMILES string of the molecule is O=S(=O)(c1cccc(F)c1)N1CC[C@H]2[C@H](CO)Nc3ccc(C#Cc4cccc(F)c4)cc3[C@H]21. The van der Waals surface area contributed by atoms with Crippen molar-refractivity contribution >= 4 is 15.7 Å². The number of aliphatic hydroxyl groups excluding tert-OH is 1. The lowest BCUT2D eigenvalue weighted by Crippen LogP contribution is -2.42. The monoisotopic (exact) mass is 480 g/mol. The van der Waals surface area contributed by atoms with Crippen molar-refractivity contribution < 1.29 is 22.3 Å². The standard InChI is InChI=1S/C26H22F2N2O3S/c27-19-4-1-3-17(13-19)7-8-18-9-10-24-23(14-18)26-22(25(16-31)29-24)11-12-30(26)34(32,33)21-6-2-5-20(28)15-21/h1-6,9-10,13-15,22,25-26,29,31H,11-12,16H2/t22-,25-,26-/m0/s1. The summed E-state index contributed by atoms with van der Waals surface area (Å²) in [5.41, 5.74) is 2.66. The van der Waals surface area contributed by atoms with Crippen LogP contribution < -0.4 is 5.32 Å². The molecule has 5 rings (SSSR count). The minimum atomic E-state index is -3.97. The summed E-state index contributed by atoms with van der Waals surface area (Å²) in [4.78, 5) is -0.101. The zero-order valence-electron chi connectivity index (χ0n) is 18.1. The minimum absolute atomic E-state index is 0.101. The highest BCUT2D eigenvalue weighted by Crippen LogP contribution is 2.48. The highest BCUT2D eigenvalue weighted by molar-refractivity contribution is 7.89. The van der Waals surface area contributed by atoms with Crippen molar-refractivity contribution in [2.24, 2.45) is 5.92 Å². The van der Waals surface area contributed by atoms with Crippen LogP contribution in [0, 0.1) is 29.4 Å². The van der Waals surface area contributed by atoms with E-state index in [0.717, 1.165) is 17.3 Å². The van der Waals surface area contributed by atoms with Crippen LogP contribution >= 0.6 is 0 Å². The first-order valence-electron chi connectivity index (χ1n) is 10.9. The van der Waals surface area contributed by atoms with Crippen LogP contribution in [0.4, 0.5) is 14.5 Å². The van der Waals surface area contributed by atoms with Gasteiger partial charge in [-0.15, -0.1) is 0 Å². The second kappa shape index (κ2) is 8.84. The van der Waals surface area contributed by atoms with E-state index in [2.05, 4.69) is 17.2 Å². The Kier molecular flexibility index (Phi) is 5.86. The Labute approximate surface area is 197 Å². The molecule has 8 heteroatoms. The Morgan fingerprint density at radius 1 is 0.971 bits per heavy atom. The summed E-state index contributed by atoms with van der Waals surface area (Å²) in [7, 11) is -3.97. The van der Waals surface area contributed by atoms with Crippen molar-refractivity contribution in [1.82, 2.24) is 4.31 Å². The largest absolute Gasteiger partial charge is 0.394 e. The molecule has 0 aliphatic carbocycles. The van der Waals surface area contributed by atoms with Crippen molar-refractivity contribution in [3.8, 4) is 11.8 Å². The first-order valence-corrected chi connectivity index (χ1v) is 12.4. The molecule has 3 aromatic carbocycles. The molecule has 1 saturated heterocycles. The molecule has 2 aliphatic heterocycles. The third kappa shape index (κ3) is 4.07. The first-order chi connectivity index (χ1) is 16.4. The van der Waals surface area contributed by atoms with Gasteiger partial charge in [-0.3, -0.25) is 0 Å². The average Bonchev–Trinajstić information content (AvgIpc) is 3.29. The zero-order chi connectivity index (χ0) is 23.9. The lowest BCUT2D eigenvalue weighted by Gasteiger charge is -2.38. The summed E-state index contributed by atoms with van der Waals surface area (Å²) in [6.07, 6.45) is 0.552. The Bertz CT molecular complexity index is 1410. The predicted molar refractivity (Wildman–Crippen MR) is 124 cm³/mol. The van der Waals surface area contributed by atoms with Crippen molar-refractivity contribution in [2.75, 3.05) is 18.5 Å². The van der Waals surface area contributed by atoms with E-state index >= 15 is 0 Å². The molecular formula is C26H22F2N2O3S. The number of benzene rings is 3. The highest BCUT2D eigenvalue weighted by atomic mass is 32.2. The fourth-order valence-electron chi connectivity index (χ4n) is 4.84. The Morgan fingerprint density at radius 3 is 2.38 bits per heavy atom. The zero-order valence-corrected chi connectivity index (χ0v) is 18.9. The molecule has 34 heavy (non-hydrogen) atoms. The van der Waals surface area contributed by atoms with Crippen LogP contribution in [0.5, 0.6) is 0 Å². The van der Waals surface area contributed by atoms with Gasteiger partial charge in [-0.2, -0.15) is 4.31 Å². The fraction of sp³-hybridized carbons (Fsp3) is 0.231. The van der Waals surface area contributed by atoms with Gasteiger partial charge >= 0.3 is 0 Å². The molecule has 0 bridgehead atoms. The van der Waals surface area contributed by atoms with Crippen LogP contribution in [-0.4, -0.2) is 37.0 Å². The van der Waals surface area contributed by atoms with Gasteiger partial charge < -0.3 is 10.4 Å². The molecule has 174 valence electrons. The summed E-state index contributed by atoms with van der Waals surface area (Å²) in [5.74, 6) is 4.81. The van der Waals surface area contributed by atoms with Gasteiger partial charge in [-0.05, 0) is 66.6 Å². The summed E-state index contributed by atoms with van der Waals surface area (Å²) in [6.45, 7) is 0.112. The Morgan fingerprint density at radius 2 is 1.68 bits per heavy atom. The molecule has 2 aliphatic rings. The lowest BCUT2D eigenvalue weighted by atomic mass is 9.83. The molecule has 3 aromatic rings. The van der Waals surface area contributed by atoms with Gasteiger partial charge in [-0.25, -0.2) is 17.2 Å². The lowest BCUT2D eigenvalue weighted by molar-refractivity contribution is 0.210. The van der Waals surface area contributed by atoms with Gasteiger partial charge in [0.25, 0.3) is 0 Å². The quantitative estimate of drug-likeness (QED) is 0.558. The molecule has 0 amide bonds. The van der Waals surface area contributed by atoms with Crippen LogP contribution in [0.3, 0.4) is 0 Å². The van der Waals surface area contributed by atoms with Gasteiger partial charge in [0.15, 0.2) is 0 Å². The summed E-state index contributed by atoms with van der Waals surface area (Å²) >= 11 is 0. The average molecular weight is 481 g/mol. The number of nitrogens with one attached hydrogen (secondary N) is 1. The first kappa shape index (κ1) is 22.5. The van der Waals surface area contributed by atoms with E-state index in [0.29, 0.717) is 17.5 Å². The van der Waals surface area contributed by atoms with E-state index in [4.69, 9.17) is 0 Å². The smallest absolute Gasteiger partial charge is 0.243 e. The van der Waals surface area contributed by atoms with Crippen LogP contribution in [0.25, 0.3) is 0 Å². The van der Waals surface area contributed by atoms with Crippen LogP contribution in [0.15, 0.2) is 71.6 Å². The molecule has 0 aromatic heterocycles. The number of halogens is 2. The van der Waals surface area contributed by atoms with Crippen LogP contribution in [0.2, 0.25) is 0 Å². The Balaban J connectivity index is 1.56. The number of aliphatic hydroxyl groups is 1. The van der Waals surface area contributed by atoms with E-state index in [-0.39, 0.29) is 35.8 Å². The molecule has 1 fully saturated rings. The number of hydrogen-bond acceptors (Lipinski definition) is 4. The molecular weight excluding hydrogens is 458 g/mol. The maximum Gasteiger partial charge on any atom is 0.243 e. The third-order valence-corrected chi connectivity index (χ3v) is 8.28. The molecule has 5 nitrogen and oxygen atoms in total. The summed E-state index contributed by atoms with van der Waals surface area (Å²) < 4.78 is 55.7. The number of anilines is 1. The van der Waals surface area contributed by atoms with Gasteiger partial charge in [0.1, 0.15) is 11.6 Å². The number of hydrogen-bond donors (Lipinski definition) is 2. The second-order valence-electron chi connectivity index (χ2n) is 8.47. The second-order valence-corrected chi connectivity index (χ2v) is 10.4. The van der Waals surface area contributed by atoms with Crippen molar-refractivity contribution in [1.29, 1.82) is 0 Å². The topological polar surface area (TPSA) is 69.6 Å². The Hall–Kier alpha value is -3.25. The van der Waals surface area contributed by atoms with Crippen LogP contribution in [0.1, 0.15) is 29.2 Å². The van der Waals surface area contributed by atoms with Gasteiger partial charge in [0, 0.05) is 29.3 Å². The van der Waals surface area contributed by atoms with Gasteiger partial charge in [-0.1, -0.05) is 24.0 Å².